The van der Waals surface area contributed by atoms with E-state index in [0.717, 1.165) is 24.1 Å². The highest BCUT2D eigenvalue weighted by Crippen LogP contribution is 2.41. The van der Waals surface area contributed by atoms with E-state index in [2.05, 4.69) is 24.0 Å². The van der Waals surface area contributed by atoms with Gasteiger partial charge in [-0.2, -0.15) is 0 Å². The van der Waals surface area contributed by atoms with Gasteiger partial charge in [-0.3, -0.25) is 4.98 Å². The van der Waals surface area contributed by atoms with E-state index in [0.29, 0.717) is 5.92 Å². The number of hydrogen-bond donors (Lipinski definition) is 0. The Balaban J connectivity index is 1.63. The summed E-state index contributed by atoms with van der Waals surface area (Å²) in [5.41, 5.74) is 7.27. The molecule has 4 nitrogen and oxygen atoms in total. The highest BCUT2D eigenvalue weighted by Gasteiger charge is 2.28. The second kappa shape index (κ2) is 5.52. The maximum absolute atomic E-state index is 11.5. The van der Waals surface area contributed by atoms with E-state index < -0.39 is 9.84 Å². The second-order valence-electron chi connectivity index (χ2n) is 6.91. The Bertz CT molecular complexity index is 940. The van der Waals surface area contributed by atoms with Crippen molar-refractivity contribution in [3.8, 4) is 0 Å². The first-order valence-electron chi connectivity index (χ1n) is 8.25. The molecule has 124 valence electrons. The minimum absolute atomic E-state index is 0.123. The summed E-state index contributed by atoms with van der Waals surface area (Å²) in [6.07, 6.45) is 7.05. The Kier molecular flexibility index (Phi) is 3.57. The maximum Gasteiger partial charge on any atom is 0.192 e. The average molecular weight is 340 g/mol. The molecule has 5 heteroatoms. The van der Waals surface area contributed by atoms with Gasteiger partial charge in [0.1, 0.15) is 0 Å². The molecule has 0 spiro atoms. The summed E-state index contributed by atoms with van der Waals surface area (Å²) in [5, 5.41) is 0.123. The predicted molar refractivity (Wildman–Crippen MR) is 93.6 cm³/mol. The molecule has 2 aliphatic rings. The smallest absolute Gasteiger partial charge is 0.192 e. The van der Waals surface area contributed by atoms with Crippen LogP contribution in [0, 0.1) is 0 Å². The first-order valence-corrected chi connectivity index (χ1v) is 10.1. The summed E-state index contributed by atoms with van der Waals surface area (Å²) in [4.78, 5) is 9.02. The van der Waals surface area contributed by atoms with E-state index in [1.165, 1.54) is 41.5 Å². The van der Waals surface area contributed by atoms with Crippen LogP contribution >= 0.6 is 0 Å². The molecular weight excluding hydrogens is 320 g/mol. The van der Waals surface area contributed by atoms with Gasteiger partial charge in [0, 0.05) is 30.5 Å². The third-order valence-electron chi connectivity index (χ3n) is 4.81. The van der Waals surface area contributed by atoms with Crippen LogP contribution in [0.15, 0.2) is 41.1 Å². The first kappa shape index (κ1) is 15.5. The zero-order valence-corrected chi connectivity index (χ0v) is 14.7. The van der Waals surface area contributed by atoms with Gasteiger partial charge in [0.05, 0.1) is 5.69 Å². The van der Waals surface area contributed by atoms with Gasteiger partial charge in [0.15, 0.2) is 14.9 Å². The van der Waals surface area contributed by atoms with Crippen molar-refractivity contribution in [3.63, 3.8) is 0 Å². The van der Waals surface area contributed by atoms with Crippen LogP contribution in [0.5, 0.6) is 0 Å². The van der Waals surface area contributed by atoms with Gasteiger partial charge in [-0.1, -0.05) is 17.7 Å². The van der Waals surface area contributed by atoms with Crippen LogP contribution in [0.4, 0.5) is 0 Å². The molecule has 0 aliphatic heterocycles. The molecular formula is C19H20N2O2S. The predicted octanol–water partition coefficient (Wildman–Crippen LogP) is 3.33. The monoisotopic (exact) mass is 340 g/mol. The number of hydrogen-bond acceptors (Lipinski definition) is 4. The zero-order chi connectivity index (χ0) is 16.9. The van der Waals surface area contributed by atoms with Crippen molar-refractivity contribution in [3.05, 3.63) is 58.6 Å². The number of pyridine rings is 2. The van der Waals surface area contributed by atoms with Gasteiger partial charge in [-0.15, -0.1) is 0 Å². The summed E-state index contributed by atoms with van der Waals surface area (Å²) in [5.74, 6) is 0.646. The van der Waals surface area contributed by atoms with Crippen LogP contribution in [0.25, 0.3) is 5.57 Å². The van der Waals surface area contributed by atoms with Crippen LogP contribution in [-0.4, -0.2) is 24.6 Å². The van der Waals surface area contributed by atoms with Gasteiger partial charge in [0.25, 0.3) is 0 Å². The lowest BCUT2D eigenvalue weighted by Crippen LogP contribution is -2.02. The Morgan fingerprint density at radius 2 is 1.96 bits per heavy atom. The Morgan fingerprint density at radius 3 is 2.58 bits per heavy atom. The van der Waals surface area contributed by atoms with Crippen molar-refractivity contribution in [1.82, 2.24) is 9.97 Å². The van der Waals surface area contributed by atoms with Crippen molar-refractivity contribution in [2.75, 3.05) is 6.26 Å². The molecule has 0 saturated heterocycles. The standard InChI is InChI=1S/C19H20N2O2S/c1-12-9-15-6-7-17(14-4-5-14)21-19(15)16(12)10-13-3-8-18(20-11-13)24(2,22)23/h3,6-8,11,14H,4-5,9-10H2,1-2H3. The first-order chi connectivity index (χ1) is 11.4. The summed E-state index contributed by atoms with van der Waals surface area (Å²) < 4.78 is 23.1. The van der Waals surface area contributed by atoms with E-state index in [4.69, 9.17) is 4.98 Å². The van der Waals surface area contributed by atoms with Crippen LogP contribution < -0.4 is 0 Å². The van der Waals surface area contributed by atoms with E-state index in [1.807, 2.05) is 6.07 Å². The highest BCUT2D eigenvalue weighted by atomic mass is 32.2. The number of sulfone groups is 1. The van der Waals surface area contributed by atoms with Crippen LogP contribution in [0.3, 0.4) is 0 Å². The van der Waals surface area contributed by atoms with E-state index in [9.17, 15) is 8.42 Å². The van der Waals surface area contributed by atoms with Gasteiger partial charge < -0.3 is 0 Å². The van der Waals surface area contributed by atoms with Gasteiger partial charge >= 0.3 is 0 Å². The second-order valence-corrected chi connectivity index (χ2v) is 8.87. The largest absolute Gasteiger partial charge is 0.253 e. The van der Waals surface area contributed by atoms with Gasteiger partial charge in [-0.25, -0.2) is 13.4 Å². The Morgan fingerprint density at radius 1 is 1.17 bits per heavy atom. The topological polar surface area (TPSA) is 59.9 Å². The van der Waals surface area contributed by atoms with Gasteiger partial charge in [-0.05, 0) is 55.0 Å². The molecule has 24 heavy (non-hydrogen) atoms. The Labute approximate surface area is 142 Å². The minimum Gasteiger partial charge on any atom is -0.253 e. The summed E-state index contributed by atoms with van der Waals surface area (Å²) >= 11 is 0. The van der Waals surface area contributed by atoms with Crippen LogP contribution in [0.2, 0.25) is 0 Å². The number of nitrogens with zero attached hydrogens (tertiary/aromatic N) is 2. The fourth-order valence-corrected chi connectivity index (χ4v) is 3.84. The number of aromatic nitrogens is 2. The van der Waals surface area contributed by atoms with Crippen molar-refractivity contribution in [2.45, 2.75) is 43.6 Å². The zero-order valence-electron chi connectivity index (χ0n) is 13.9. The van der Waals surface area contributed by atoms with Crippen molar-refractivity contribution in [1.29, 1.82) is 0 Å². The lowest BCUT2D eigenvalue weighted by molar-refractivity contribution is 0.598. The molecule has 0 aromatic carbocycles. The molecule has 2 aromatic rings. The quantitative estimate of drug-likeness (QED) is 0.856. The molecule has 0 radical (unpaired) electrons. The third-order valence-corrected chi connectivity index (χ3v) is 5.81. The number of fused-ring (bicyclic) bond motifs is 1. The van der Waals surface area contributed by atoms with Crippen LogP contribution in [0.1, 0.15) is 48.2 Å². The third kappa shape index (κ3) is 2.88. The van der Waals surface area contributed by atoms with Crippen molar-refractivity contribution >= 4 is 15.4 Å². The summed E-state index contributed by atoms with van der Waals surface area (Å²) in [6, 6.07) is 7.84. The minimum atomic E-state index is -3.25. The molecule has 0 unspecified atom stereocenters. The Hall–Kier alpha value is -2.01. The fourth-order valence-electron chi connectivity index (χ4n) is 3.28. The maximum atomic E-state index is 11.5. The number of allylic oxidation sites excluding steroid dienone is 2. The van der Waals surface area contributed by atoms with E-state index in [-0.39, 0.29) is 5.03 Å². The molecule has 1 saturated carbocycles. The summed E-state index contributed by atoms with van der Waals surface area (Å²) in [6.45, 7) is 2.16. The highest BCUT2D eigenvalue weighted by molar-refractivity contribution is 7.90. The normalized spacial score (nSPS) is 17.2. The lowest BCUT2D eigenvalue weighted by Gasteiger charge is -2.08. The fraction of sp³-hybridized carbons (Fsp3) is 0.368. The molecule has 0 N–H and O–H groups in total. The van der Waals surface area contributed by atoms with E-state index >= 15 is 0 Å². The average Bonchev–Trinajstić information content (AvgIpc) is 3.33. The van der Waals surface area contributed by atoms with Crippen molar-refractivity contribution < 1.29 is 8.42 Å². The molecule has 2 aromatic heterocycles. The molecule has 1 fully saturated rings. The molecule has 0 atom stereocenters. The summed E-state index contributed by atoms with van der Waals surface area (Å²) in [7, 11) is -3.25. The molecule has 4 rings (SSSR count). The lowest BCUT2D eigenvalue weighted by atomic mass is 10.0. The molecule has 0 amide bonds. The molecule has 2 heterocycles. The SMILES string of the molecule is CC1=C(Cc2ccc(S(C)(=O)=O)nc2)c2nc(C3CC3)ccc2C1. The number of rotatable bonds is 4. The van der Waals surface area contributed by atoms with Gasteiger partial charge in [0.2, 0.25) is 0 Å². The van der Waals surface area contributed by atoms with E-state index in [1.54, 1.807) is 12.3 Å². The molecule has 2 aliphatic carbocycles. The van der Waals surface area contributed by atoms with Crippen LogP contribution in [-0.2, 0) is 22.7 Å². The molecule has 0 bridgehead atoms. The van der Waals surface area contributed by atoms with Crippen molar-refractivity contribution in [2.24, 2.45) is 0 Å².